The third-order valence-corrected chi connectivity index (χ3v) is 4.43. The zero-order valence-corrected chi connectivity index (χ0v) is 14.8. The Morgan fingerprint density at radius 3 is 2.74 bits per heavy atom. The van der Waals surface area contributed by atoms with E-state index >= 15 is 0 Å². The first-order valence-electron chi connectivity index (χ1n) is 8.05. The lowest BCUT2D eigenvalue weighted by Gasteiger charge is -2.02. The number of pyridine rings is 1. The Morgan fingerprint density at radius 1 is 1.15 bits per heavy atom. The molecular formula is C18H14ClN7O. The standard InChI is InChI=1S/C18H14ClN7O/c19-13-4-2-1-3-11(13)7-14-17(24-25-23-14)15-9-26(10-22-15)16-6-5-12(8-21-16)18(20)27/h1-6,8-10H,7H2,(H2,20,27)(H,23,24,25). The van der Waals surface area contributed by atoms with Gasteiger partial charge in [0.25, 0.3) is 0 Å². The van der Waals surface area contributed by atoms with Gasteiger partial charge in [0, 0.05) is 23.8 Å². The van der Waals surface area contributed by atoms with Crippen LogP contribution < -0.4 is 5.73 Å². The highest BCUT2D eigenvalue weighted by Crippen LogP contribution is 2.24. The van der Waals surface area contributed by atoms with Crippen molar-refractivity contribution in [3.8, 4) is 17.2 Å². The first-order chi connectivity index (χ1) is 13.1. The van der Waals surface area contributed by atoms with Crippen molar-refractivity contribution >= 4 is 17.5 Å². The summed E-state index contributed by atoms with van der Waals surface area (Å²) in [4.78, 5) is 19.8. The molecule has 0 aliphatic rings. The van der Waals surface area contributed by atoms with E-state index in [-0.39, 0.29) is 0 Å². The van der Waals surface area contributed by atoms with Gasteiger partial charge in [0.15, 0.2) is 0 Å². The molecule has 0 radical (unpaired) electrons. The molecule has 0 saturated heterocycles. The summed E-state index contributed by atoms with van der Waals surface area (Å²) in [6, 6.07) is 10.9. The van der Waals surface area contributed by atoms with Crippen LogP contribution in [0.5, 0.6) is 0 Å². The van der Waals surface area contributed by atoms with Gasteiger partial charge < -0.3 is 5.73 Å². The third-order valence-electron chi connectivity index (χ3n) is 4.06. The van der Waals surface area contributed by atoms with Crippen molar-refractivity contribution < 1.29 is 4.79 Å². The fraction of sp³-hybridized carbons (Fsp3) is 0.0556. The molecule has 3 heterocycles. The van der Waals surface area contributed by atoms with Crippen LogP contribution in [0.4, 0.5) is 0 Å². The Bertz CT molecular complexity index is 1100. The van der Waals surface area contributed by atoms with Crippen molar-refractivity contribution in [2.75, 3.05) is 0 Å². The van der Waals surface area contributed by atoms with Crippen molar-refractivity contribution in [2.45, 2.75) is 6.42 Å². The normalized spacial score (nSPS) is 10.9. The Morgan fingerprint density at radius 2 is 2.00 bits per heavy atom. The molecule has 0 fully saturated rings. The lowest BCUT2D eigenvalue weighted by molar-refractivity contribution is 0.1000. The van der Waals surface area contributed by atoms with Gasteiger partial charge in [-0.3, -0.25) is 9.36 Å². The van der Waals surface area contributed by atoms with Crippen molar-refractivity contribution in [1.82, 2.24) is 29.9 Å². The minimum Gasteiger partial charge on any atom is -0.366 e. The maximum atomic E-state index is 11.2. The van der Waals surface area contributed by atoms with Crippen LogP contribution in [0, 0.1) is 0 Å². The molecule has 8 nitrogen and oxygen atoms in total. The Kier molecular flexibility index (Phi) is 4.39. The van der Waals surface area contributed by atoms with Gasteiger partial charge in [0.05, 0.1) is 11.3 Å². The molecule has 0 atom stereocenters. The largest absolute Gasteiger partial charge is 0.366 e. The lowest BCUT2D eigenvalue weighted by Crippen LogP contribution is -2.11. The summed E-state index contributed by atoms with van der Waals surface area (Å²) in [5.74, 6) is 0.0853. The van der Waals surface area contributed by atoms with Gasteiger partial charge in [0.1, 0.15) is 23.5 Å². The Balaban J connectivity index is 1.62. The summed E-state index contributed by atoms with van der Waals surface area (Å²) in [6.07, 6.45) is 5.37. The summed E-state index contributed by atoms with van der Waals surface area (Å²) in [5.41, 5.74) is 8.56. The summed E-state index contributed by atoms with van der Waals surface area (Å²) in [6.45, 7) is 0. The monoisotopic (exact) mass is 379 g/mol. The molecule has 0 bridgehead atoms. The number of amides is 1. The van der Waals surface area contributed by atoms with Crippen LogP contribution in [0.15, 0.2) is 55.1 Å². The number of carbonyl (C=O) groups excluding carboxylic acids is 1. The van der Waals surface area contributed by atoms with Crippen molar-refractivity contribution in [3.05, 3.63) is 77.0 Å². The van der Waals surface area contributed by atoms with Crippen LogP contribution in [-0.2, 0) is 6.42 Å². The van der Waals surface area contributed by atoms with Gasteiger partial charge in [-0.05, 0) is 23.8 Å². The highest BCUT2D eigenvalue weighted by Gasteiger charge is 2.15. The van der Waals surface area contributed by atoms with E-state index in [4.69, 9.17) is 17.3 Å². The summed E-state index contributed by atoms with van der Waals surface area (Å²) < 4.78 is 1.73. The second kappa shape index (κ2) is 7.00. The van der Waals surface area contributed by atoms with Gasteiger partial charge >= 0.3 is 0 Å². The molecular weight excluding hydrogens is 366 g/mol. The molecule has 1 aromatic carbocycles. The number of carbonyl (C=O) groups is 1. The number of aromatic amines is 1. The molecule has 4 aromatic rings. The average Bonchev–Trinajstić information content (AvgIpc) is 3.33. The minimum absolute atomic E-state index is 0.345. The fourth-order valence-electron chi connectivity index (χ4n) is 2.66. The molecule has 0 spiro atoms. The predicted molar refractivity (Wildman–Crippen MR) is 99.5 cm³/mol. The molecule has 27 heavy (non-hydrogen) atoms. The maximum absolute atomic E-state index is 11.2. The summed E-state index contributed by atoms with van der Waals surface area (Å²) in [7, 11) is 0. The van der Waals surface area contributed by atoms with Crippen molar-refractivity contribution in [2.24, 2.45) is 5.73 Å². The Hall–Kier alpha value is -3.52. The number of primary amides is 1. The van der Waals surface area contributed by atoms with Gasteiger partial charge in [-0.2, -0.15) is 15.4 Å². The number of H-pyrrole nitrogens is 1. The second-order valence-corrected chi connectivity index (χ2v) is 6.23. The predicted octanol–water partition coefficient (Wildman–Crippen LogP) is 2.40. The number of hydrogen-bond donors (Lipinski definition) is 2. The van der Waals surface area contributed by atoms with Crippen molar-refractivity contribution in [3.63, 3.8) is 0 Å². The van der Waals surface area contributed by atoms with E-state index in [2.05, 4.69) is 25.4 Å². The average molecular weight is 380 g/mol. The number of halogens is 1. The zero-order chi connectivity index (χ0) is 18.8. The Labute approximate surface area is 159 Å². The van der Waals surface area contributed by atoms with E-state index in [1.54, 1.807) is 29.2 Å². The molecule has 3 N–H and O–H groups in total. The van der Waals surface area contributed by atoms with E-state index in [1.807, 2.05) is 24.3 Å². The molecule has 3 aromatic heterocycles. The number of hydrogen-bond acceptors (Lipinski definition) is 5. The van der Waals surface area contributed by atoms with Gasteiger partial charge in [0.2, 0.25) is 5.91 Å². The summed E-state index contributed by atoms with van der Waals surface area (Å²) >= 11 is 6.24. The summed E-state index contributed by atoms with van der Waals surface area (Å²) in [5, 5.41) is 11.8. The van der Waals surface area contributed by atoms with Crippen LogP contribution in [0.25, 0.3) is 17.2 Å². The second-order valence-electron chi connectivity index (χ2n) is 5.82. The third kappa shape index (κ3) is 3.42. The van der Waals surface area contributed by atoms with Crippen molar-refractivity contribution in [1.29, 1.82) is 0 Å². The lowest BCUT2D eigenvalue weighted by atomic mass is 10.1. The number of aromatic nitrogens is 6. The van der Waals surface area contributed by atoms with Crippen LogP contribution in [-0.4, -0.2) is 35.9 Å². The zero-order valence-electron chi connectivity index (χ0n) is 14.0. The smallest absolute Gasteiger partial charge is 0.250 e. The van der Waals surface area contributed by atoms with Gasteiger partial charge in [-0.1, -0.05) is 29.8 Å². The van der Waals surface area contributed by atoms with Crippen LogP contribution in [0.2, 0.25) is 5.02 Å². The highest BCUT2D eigenvalue weighted by molar-refractivity contribution is 6.31. The van der Waals surface area contributed by atoms with E-state index in [0.717, 1.165) is 11.3 Å². The first-order valence-corrected chi connectivity index (χ1v) is 8.43. The first kappa shape index (κ1) is 16.9. The molecule has 0 aliphatic heterocycles. The number of nitrogens with one attached hydrogen (secondary N) is 1. The molecule has 134 valence electrons. The van der Waals surface area contributed by atoms with Crippen LogP contribution in [0.3, 0.4) is 0 Å². The number of imidazole rings is 1. The quantitative estimate of drug-likeness (QED) is 0.552. The number of benzene rings is 1. The molecule has 0 aliphatic carbocycles. The maximum Gasteiger partial charge on any atom is 0.250 e. The number of rotatable bonds is 5. The molecule has 9 heteroatoms. The van der Waals surface area contributed by atoms with Gasteiger partial charge in [-0.25, -0.2) is 9.97 Å². The highest BCUT2D eigenvalue weighted by atomic mass is 35.5. The minimum atomic E-state index is -0.521. The number of nitrogens with two attached hydrogens (primary N) is 1. The molecule has 0 unspecified atom stereocenters. The van der Waals surface area contributed by atoms with Crippen LogP contribution >= 0.6 is 11.6 Å². The SMILES string of the molecule is NC(=O)c1ccc(-n2cnc(-c3n[nH]nc3Cc3ccccc3Cl)c2)nc1. The van der Waals surface area contributed by atoms with E-state index < -0.39 is 5.91 Å². The molecule has 1 amide bonds. The molecule has 0 saturated carbocycles. The molecule has 4 rings (SSSR count). The van der Waals surface area contributed by atoms with E-state index in [0.29, 0.717) is 34.2 Å². The van der Waals surface area contributed by atoms with Gasteiger partial charge in [-0.15, -0.1) is 0 Å². The number of nitrogens with zero attached hydrogens (tertiary/aromatic N) is 5. The van der Waals surface area contributed by atoms with Crippen LogP contribution in [0.1, 0.15) is 21.6 Å². The van der Waals surface area contributed by atoms with E-state index in [9.17, 15) is 4.79 Å². The van der Waals surface area contributed by atoms with E-state index in [1.165, 1.54) is 6.20 Å². The fourth-order valence-corrected chi connectivity index (χ4v) is 2.86. The topological polar surface area (TPSA) is 115 Å².